The number of pyridine rings is 1. The first-order valence-corrected chi connectivity index (χ1v) is 4.63. The van der Waals surface area contributed by atoms with Crippen LogP contribution in [0.2, 0.25) is 0 Å². The Morgan fingerprint density at radius 2 is 2.36 bits per heavy atom. The number of aromatic amines is 1. The normalized spacial score (nSPS) is 9.14. The number of nitrogens with zero attached hydrogens (tertiary/aromatic N) is 2. The van der Waals surface area contributed by atoms with Gasteiger partial charge in [-0.05, 0) is 27.9 Å². The van der Waals surface area contributed by atoms with E-state index < -0.39 is 0 Å². The zero-order chi connectivity index (χ0) is 9.97. The lowest BCUT2D eigenvalue weighted by molar-refractivity contribution is 1.31. The lowest BCUT2D eigenvalue weighted by Crippen LogP contribution is -1.76. The van der Waals surface area contributed by atoms with Crippen LogP contribution in [-0.4, -0.2) is 9.97 Å². The molecule has 0 amide bonds. The molecule has 0 fully saturated rings. The molecular weight excluding hydrogens is 242 g/mol. The minimum absolute atomic E-state index is 0.774. The Hall–Kier alpha value is -1.78. The van der Waals surface area contributed by atoms with Gasteiger partial charge in [-0.2, -0.15) is 5.26 Å². The van der Waals surface area contributed by atoms with Crippen molar-refractivity contribution in [1.29, 1.82) is 5.26 Å². The average molecular weight is 246 g/mol. The Morgan fingerprint density at radius 3 is 3.14 bits per heavy atom. The molecular formula is C10H4BrN3. The van der Waals surface area contributed by atoms with Gasteiger partial charge in [-0.1, -0.05) is 0 Å². The fourth-order valence-electron chi connectivity index (χ4n) is 1.18. The minimum atomic E-state index is 0.774. The Kier molecular flexibility index (Phi) is 2.22. The van der Waals surface area contributed by atoms with Crippen molar-refractivity contribution in [2.75, 3.05) is 0 Å². The van der Waals surface area contributed by atoms with Crippen molar-refractivity contribution in [2.45, 2.75) is 0 Å². The average Bonchev–Trinajstić information content (AvgIpc) is 2.57. The molecule has 66 valence electrons. The summed E-state index contributed by atoms with van der Waals surface area (Å²) in [5, 5.41) is 9.25. The third kappa shape index (κ3) is 1.48. The first kappa shape index (κ1) is 8.80. The second kappa shape index (κ2) is 3.53. The summed E-state index contributed by atoms with van der Waals surface area (Å²) in [4.78, 5) is 7.14. The summed E-state index contributed by atoms with van der Waals surface area (Å²) in [5.74, 6) is 5.10. The van der Waals surface area contributed by atoms with Gasteiger partial charge in [-0.3, -0.25) is 0 Å². The Balaban J connectivity index is 2.68. The molecule has 3 nitrogen and oxygen atoms in total. The maximum Gasteiger partial charge on any atom is 0.152 e. The van der Waals surface area contributed by atoms with Crippen LogP contribution >= 0.6 is 15.9 Å². The zero-order valence-electron chi connectivity index (χ0n) is 7.00. The van der Waals surface area contributed by atoms with Gasteiger partial charge < -0.3 is 4.98 Å². The van der Waals surface area contributed by atoms with E-state index in [-0.39, 0.29) is 0 Å². The third-order valence-corrected chi connectivity index (χ3v) is 2.18. The third-order valence-electron chi connectivity index (χ3n) is 1.75. The fraction of sp³-hybridized carbons (Fsp3) is 0. The number of nitriles is 1. The number of nitrogens with one attached hydrogen (secondary N) is 1. The van der Waals surface area contributed by atoms with Crippen molar-refractivity contribution < 1.29 is 0 Å². The molecule has 14 heavy (non-hydrogen) atoms. The molecule has 0 aliphatic carbocycles. The van der Waals surface area contributed by atoms with Crippen LogP contribution in [-0.2, 0) is 0 Å². The molecule has 0 unspecified atom stereocenters. The molecule has 2 aromatic heterocycles. The highest BCUT2D eigenvalue weighted by atomic mass is 79.9. The molecule has 0 radical (unpaired) electrons. The molecule has 2 aromatic rings. The maximum absolute atomic E-state index is 8.33. The van der Waals surface area contributed by atoms with Gasteiger partial charge in [0.15, 0.2) is 6.07 Å². The molecule has 0 spiro atoms. The Labute approximate surface area is 88.9 Å². The van der Waals surface area contributed by atoms with Crippen LogP contribution in [0.3, 0.4) is 0 Å². The molecule has 0 atom stereocenters. The van der Waals surface area contributed by atoms with Gasteiger partial charge in [0.05, 0.1) is 5.56 Å². The smallest absolute Gasteiger partial charge is 0.152 e. The topological polar surface area (TPSA) is 52.5 Å². The molecule has 1 N–H and O–H groups in total. The summed E-state index contributed by atoms with van der Waals surface area (Å²) in [6, 6.07) is 3.70. The summed E-state index contributed by atoms with van der Waals surface area (Å²) < 4.78 is 0.893. The second-order valence-electron chi connectivity index (χ2n) is 2.61. The molecule has 0 bridgehead atoms. The van der Waals surface area contributed by atoms with Gasteiger partial charge >= 0.3 is 0 Å². The van der Waals surface area contributed by atoms with E-state index in [2.05, 4.69) is 37.7 Å². The van der Waals surface area contributed by atoms with Crippen molar-refractivity contribution >= 4 is 27.0 Å². The Bertz CT molecular complexity index is 581. The van der Waals surface area contributed by atoms with E-state index >= 15 is 0 Å². The maximum atomic E-state index is 8.33. The van der Waals surface area contributed by atoms with E-state index in [1.165, 1.54) is 0 Å². The lowest BCUT2D eigenvalue weighted by atomic mass is 10.2. The number of fused-ring (bicyclic) bond motifs is 1. The van der Waals surface area contributed by atoms with Crippen molar-refractivity contribution in [2.24, 2.45) is 0 Å². The van der Waals surface area contributed by atoms with Crippen LogP contribution in [0.5, 0.6) is 0 Å². The highest BCUT2D eigenvalue weighted by molar-refractivity contribution is 9.10. The number of aromatic nitrogens is 2. The van der Waals surface area contributed by atoms with Gasteiger partial charge in [-0.25, -0.2) is 4.98 Å². The van der Waals surface area contributed by atoms with E-state index in [1.54, 1.807) is 18.5 Å². The number of H-pyrrole nitrogens is 1. The van der Waals surface area contributed by atoms with E-state index in [1.807, 2.05) is 6.07 Å². The number of halogens is 1. The summed E-state index contributed by atoms with van der Waals surface area (Å²) in [6.45, 7) is 0. The molecule has 4 heteroatoms. The van der Waals surface area contributed by atoms with Crippen LogP contribution in [0.15, 0.2) is 22.9 Å². The van der Waals surface area contributed by atoms with Crippen LogP contribution in [0.4, 0.5) is 0 Å². The van der Waals surface area contributed by atoms with Crippen LogP contribution in [0, 0.1) is 23.2 Å². The summed E-state index contributed by atoms with van der Waals surface area (Å²) >= 11 is 3.33. The SMILES string of the molecule is N#CC#Cc1c[nH]c2ncc(Br)cc12. The quantitative estimate of drug-likeness (QED) is 0.724. The largest absolute Gasteiger partial charge is 0.345 e. The van der Waals surface area contributed by atoms with Gasteiger partial charge in [0.1, 0.15) is 5.65 Å². The number of rotatable bonds is 0. The fourth-order valence-corrected chi connectivity index (χ4v) is 1.51. The molecule has 0 aromatic carbocycles. The van der Waals surface area contributed by atoms with Crippen molar-refractivity contribution in [3.05, 3.63) is 28.5 Å². The van der Waals surface area contributed by atoms with Gasteiger partial charge in [-0.15, -0.1) is 0 Å². The molecule has 2 rings (SSSR count). The van der Waals surface area contributed by atoms with Crippen LogP contribution in [0.1, 0.15) is 5.56 Å². The molecule has 0 saturated heterocycles. The molecule has 0 saturated carbocycles. The van der Waals surface area contributed by atoms with Crippen LogP contribution < -0.4 is 0 Å². The van der Waals surface area contributed by atoms with E-state index in [4.69, 9.17) is 5.26 Å². The lowest BCUT2D eigenvalue weighted by Gasteiger charge is -1.90. The second-order valence-corrected chi connectivity index (χ2v) is 3.53. The Morgan fingerprint density at radius 1 is 1.50 bits per heavy atom. The van der Waals surface area contributed by atoms with E-state index in [0.29, 0.717) is 0 Å². The predicted molar refractivity (Wildman–Crippen MR) is 56.3 cm³/mol. The van der Waals surface area contributed by atoms with Gasteiger partial charge in [0.25, 0.3) is 0 Å². The zero-order valence-corrected chi connectivity index (χ0v) is 8.59. The summed E-state index contributed by atoms with van der Waals surface area (Å²) in [7, 11) is 0. The number of hydrogen-bond donors (Lipinski definition) is 1. The van der Waals surface area contributed by atoms with Crippen LogP contribution in [0.25, 0.3) is 11.0 Å². The highest BCUT2D eigenvalue weighted by Crippen LogP contribution is 2.19. The van der Waals surface area contributed by atoms with Gasteiger partial charge in [0, 0.05) is 28.2 Å². The molecule has 0 aliphatic rings. The molecule has 0 aliphatic heterocycles. The first-order chi connectivity index (χ1) is 6.81. The van der Waals surface area contributed by atoms with Crippen molar-refractivity contribution in [1.82, 2.24) is 9.97 Å². The summed E-state index contributed by atoms with van der Waals surface area (Å²) in [5.41, 5.74) is 1.56. The van der Waals surface area contributed by atoms with E-state index in [0.717, 1.165) is 21.1 Å². The highest BCUT2D eigenvalue weighted by Gasteiger charge is 2.02. The first-order valence-electron chi connectivity index (χ1n) is 3.84. The molecule has 2 heterocycles. The van der Waals surface area contributed by atoms with Crippen molar-refractivity contribution in [3.8, 4) is 17.9 Å². The predicted octanol–water partition coefficient (Wildman–Crippen LogP) is 2.20. The summed E-state index contributed by atoms with van der Waals surface area (Å²) in [6.07, 6.45) is 3.45. The van der Waals surface area contributed by atoms with Gasteiger partial charge in [0.2, 0.25) is 0 Å². The minimum Gasteiger partial charge on any atom is -0.345 e. The monoisotopic (exact) mass is 245 g/mol. The standard InChI is InChI=1S/C10H4BrN3/c11-8-4-9-7(2-1-3-12)5-13-10(9)14-6-8/h4-6H,(H,13,14). The van der Waals surface area contributed by atoms with Crippen molar-refractivity contribution in [3.63, 3.8) is 0 Å². The number of hydrogen-bond acceptors (Lipinski definition) is 2. The van der Waals surface area contributed by atoms with E-state index in [9.17, 15) is 0 Å².